The van der Waals surface area contributed by atoms with Gasteiger partial charge in [0, 0.05) is 37.7 Å². The van der Waals surface area contributed by atoms with Crippen LogP contribution in [-0.4, -0.2) is 50.5 Å². The summed E-state index contributed by atoms with van der Waals surface area (Å²) in [6, 6.07) is 10.2. The fraction of sp³-hybridized carbons (Fsp3) is 0.500. The Morgan fingerprint density at radius 1 is 1.32 bits per heavy atom. The van der Waals surface area contributed by atoms with Crippen LogP contribution in [0.4, 0.5) is 0 Å². The molecule has 1 atom stereocenters. The van der Waals surface area contributed by atoms with E-state index >= 15 is 0 Å². The molecule has 0 aliphatic carbocycles. The second kappa shape index (κ2) is 13.1. The zero-order valence-electron chi connectivity index (χ0n) is 16.2. The van der Waals surface area contributed by atoms with Crippen LogP contribution in [-0.2, 0) is 16.0 Å². The lowest BCUT2D eigenvalue weighted by atomic mass is 10.2. The van der Waals surface area contributed by atoms with Crippen LogP contribution in [0.1, 0.15) is 25.0 Å². The van der Waals surface area contributed by atoms with Gasteiger partial charge in [-0.15, -0.1) is 35.3 Å². The second-order valence-corrected chi connectivity index (χ2v) is 7.28. The van der Waals surface area contributed by atoms with Gasteiger partial charge in [0.05, 0.1) is 24.9 Å². The highest BCUT2D eigenvalue weighted by molar-refractivity contribution is 14.0. The predicted molar refractivity (Wildman–Crippen MR) is 126 cm³/mol. The van der Waals surface area contributed by atoms with Crippen molar-refractivity contribution in [3.8, 4) is 10.6 Å². The summed E-state index contributed by atoms with van der Waals surface area (Å²) < 4.78 is 11.2. The van der Waals surface area contributed by atoms with Crippen LogP contribution in [0.15, 0.2) is 40.7 Å². The number of nitrogens with zero attached hydrogens (tertiary/aromatic N) is 2. The first-order chi connectivity index (χ1) is 13.3. The molecule has 0 bridgehead atoms. The molecule has 8 heteroatoms. The van der Waals surface area contributed by atoms with Gasteiger partial charge < -0.3 is 20.1 Å². The maximum absolute atomic E-state index is 5.67. The van der Waals surface area contributed by atoms with Crippen LogP contribution in [0.5, 0.6) is 0 Å². The zero-order valence-corrected chi connectivity index (χ0v) is 19.4. The number of aromatic nitrogens is 1. The SMILES string of the molecule is CN=C(NCCCOCC1CCCO1)NCc1csc(-c2ccccc2)n1.I. The smallest absolute Gasteiger partial charge is 0.191 e. The van der Waals surface area contributed by atoms with Crippen LogP contribution >= 0.6 is 35.3 Å². The summed E-state index contributed by atoms with van der Waals surface area (Å²) in [6.07, 6.45) is 3.51. The minimum atomic E-state index is 0. The molecule has 0 saturated carbocycles. The van der Waals surface area contributed by atoms with Crippen molar-refractivity contribution in [2.24, 2.45) is 4.99 Å². The van der Waals surface area contributed by atoms with E-state index in [2.05, 4.69) is 38.1 Å². The van der Waals surface area contributed by atoms with E-state index in [1.54, 1.807) is 18.4 Å². The number of ether oxygens (including phenoxy) is 2. The summed E-state index contributed by atoms with van der Waals surface area (Å²) in [5.41, 5.74) is 2.17. The van der Waals surface area contributed by atoms with Crippen molar-refractivity contribution in [2.45, 2.75) is 31.9 Å². The van der Waals surface area contributed by atoms with Crippen molar-refractivity contribution < 1.29 is 9.47 Å². The number of benzene rings is 1. The maximum atomic E-state index is 5.67. The number of rotatable bonds is 9. The van der Waals surface area contributed by atoms with Crippen LogP contribution in [0.25, 0.3) is 10.6 Å². The maximum Gasteiger partial charge on any atom is 0.191 e. The minimum Gasteiger partial charge on any atom is -0.379 e. The molecule has 2 N–H and O–H groups in total. The highest BCUT2D eigenvalue weighted by Crippen LogP contribution is 2.23. The molecule has 6 nitrogen and oxygen atoms in total. The first-order valence-corrected chi connectivity index (χ1v) is 10.4. The summed E-state index contributed by atoms with van der Waals surface area (Å²) in [5.74, 6) is 0.781. The lowest BCUT2D eigenvalue weighted by Gasteiger charge is -2.12. The number of thiazole rings is 1. The third kappa shape index (κ3) is 7.65. The Kier molecular flexibility index (Phi) is 10.8. The standard InChI is InChI=1S/C20H28N4O2S.HI/c1-21-20(22-10-6-11-25-14-18-9-5-12-26-18)23-13-17-15-27-19(24-17)16-7-3-2-4-8-16;/h2-4,7-8,15,18H,5-6,9-14H2,1H3,(H2,21,22,23);1H. The quantitative estimate of drug-likeness (QED) is 0.231. The molecule has 1 unspecified atom stereocenters. The highest BCUT2D eigenvalue weighted by Gasteiger charge is 2.14. The molecule has 2 aromatic rings. The molecule has 0 amide bonds. The van der Waals surface area contributed by atoms with Crippen molar-refractivity contribution in [3.63, 3.8) is 0 Å². The summed E-state index contributed by atoms with van der Waals surface area (Å²) in [5, 5.41) is 9.74. The van der Waals surface area contributed by atoms with Gasteiger partial charge in [-0.25, -0.2) is 4.98 Å². The summed E-state index contributed by atoms with van der Waals surface area (Å²) >= 11 is 1.66. The average Bonchev–Trinajstić information content (AvgIpc) is 3.39. The molecule has 2 heterocycles. The molecule has 0 radical (unpaired) electrons. The molecule has 1 aromatic carbocycles. The highest BCUT2D eigenvalue weighted by atomic mass is 127. The number of halogens is 1. The Labute approximate surface area is 188 Å². The Morgan fingerprint density at radius 2 is 2.18 bits per heavy atom. The monoisotopic (exact) mass is 516 g/mol. The normalized spacial score (nSPS) is 16.6. The molecular weight excluding hydrogens is 487 g/mol. The van der Waals surface area contributed by atoms with Gasteiger partial charge in [-0.1, -0.05) is 30.3 Å². The molecule has 1 aliphatic heterocycles. The first-order valence-electron chi connectivity index (χ1n) is 9.49. The van der Waals surface area contributed by atoms with E-state index in [9.17, 15) is 0 Å². The van der Waals surface area contributed by atoms with Gasteiger partial charge in [0.15, 0.2) is 5.96 Å². The Balaban J connectivity index is 0.00000280. The first kappa shape index (κ1) is 23.1. The van der Waals surface area contributed by atoms with E-state index in [4.69, 9.17) is 9.47 Å². The molecule has 1 aromatic heterocycles. The van der Waals surface area contributed by atoms with Gasteiger partial charge in [0.25, 0.3) is 0 Å². The largest absolute Gasteiger partial charge is 0.379 e. The van der Waals surface area contributed by atoms with Gasteiger partial charge in [0.2, 0.25) is 0 Å². The third-order valence-corrected chi connectivity index (χ3v) is 5.26. The zero-order chi connectivity index (χ0) is 18.7. The lowest BCUT2D eigenvalue weighted by molar-refractivity contribution is 0.0168. The average molecular weight is 516 g/mol. The number of hydrogen-bond donors (Lipinski definition) is 2. The molecule has 28 heavy (non-hydrogen) atoms. The Morgan fingerprint density at radius 3 is 2.93 bits per heavy atom. The lowest BCUT2D eigenvalue weighted by Crippen LogP contribution is -2.37. The Hall–Kier alpha value is -1.23. The second-order valence-electron chi connectivity index (χ2n) is 6.43. The van der Waals surface area contributed by atoms with Gasteiger partial charge in [-0.05, 0) is 19.3 Å². The van der Waals surface area contributed by atoms with E-state index in [1.807, 2.05) is 18.2 Å². The van der Waals surface area contributed by atoms with E-state index in [1.165, 1.54) is 0 Å². The summed E-state index contributed by atoms with van der Waals surface area (Å²) in [4.78, 5) is 8.94. The topological polar surface area (TPSA) is 67.8 Å². The molecule has 3 rings (SSSR count). The number of aliphatic imine (C=N–C) groups is 1. The van der Waals surface area contributed by atoms with Gasteiger partial charge in [-0.3, -0.25) is 4.99 Å². The van der Waals surface area contributed by atoms with Gasteiger partial charge >= 0.3 is 0 Å². The van der Waals surface area contributed by atoms with E-state index < -0.39 is 0 Å². The molecule has 1 fully saturated rings. The van der Waals surface area contributed by atoms with E-state index in [0.717, 1.165) is 61.2 Å². The van der Waals surface area contributed by atoms with Crippen molar-refractivity contribution in [2.75, 3.05) is 33.4 Å². The Bertz CT molecular complexity index is 705. The molecule has 0 spiro atoms. The van der Waals surface area contributed by atoms with Gasteiger partial charge in [-0.2, -0.15) is 0 Å². The third-order valence-electron chi connectivity index (χ3n) is 4.32. The number of guanidine groups is 1. The molecule has 1 saturated heterocycles. The predicted octanol–water partition coefficient (Wildman–Crippen LogP) is 3.68. The van der Waals surface area contributed by atoms with Gasteiger partial charge in [0.1, 0.15) is 5.01 Å². The van der Waals surface area contributed by atoms with E-state index in [0.29, 0.717) is 19.3 Å². The van der Waals surface area contributed by atoms with Crippen LogP contribution in [0.3, 0.4) is 0 Å². The fourth-order valence-corrected chi connectivity index (χ4v) is 3.69. The van der Waals surface area contributed by atoms with Crippen LogP contribution in [0, 0.1) is 0 Å². The molecule has 154 valence electrons. The van der Waals surface area contributed by atoms with Crippen LogP contribution in [0.2, 0.25) is 0 Å². The van der Waals surface area contributed by atoms with Crippen molar-refractivity contribution >= 4 is 41.3 Å². The summed E-state index contributed by atoms with van der Waals surface area (Å²) in [7, 11) is 1.78. The molecular formula is C20H29IN4O2S. The number of hydrogen-bond acceptors (Lipinski definition) is 5. The summed E-state index contributed by atoms with van der Waals surface area (Å²) in [6.45, 7) is 3.79. The minimum absolute atomic E-state index is 0. The molecule has 1 aliphatic rings. The van der Waals surface area contributed by atoms with Crippen LogP contribution < -0.4 is 10.6 Å². The number of nitrogens with one attached hydrogen (secondary N) is 2. The fourth-order valence-electron chi connectivity index (χ4n) is 2.87. The van der Waals surface area contributed by atoms with E-state index in [-0.39, 0.29) is 24.0 Å². The van der Waals surface area contributed by atoms with Crippen molar-refractivity contribution in [1.82, 2.24) is 15.6 Å². The van der Waals surface area contributed by atoms with Crippen molar-refractivity contribution in [1.29, 1.82) is 0 Å². The van der Waals surface area contributed by atoms with Crippen molar-refractivity contribution in [3.05, 3.63) is 41.4 Å².